The van der Waals surface area contributed by atoms with Gasteiger partial charge in [0.1, 0.15) is 5.83 Å². The SMILES string of the molecule is C=C1/C(=C(F)\C=C/C)CCC1N. The second kappa shape index (κ2) is 3.68. The first-order valence-corrected chi connectivity index (χ1v) is 4.13. The van der Waals surface area contributed by atoms with E-state index in [0.29, 0.717) is 5.57 Å². The van der Waals surface area contributed by atoms with E-state index in [4.69, 9.17) is 5.73 Å². The molecule has 2 N–H and O–H groups in total. The Morgan fingerprint density at radius 3 is 2.83 bits per heavy atom. The maximum Gasteiger partial charge on any atom is 0.126 e. The highest BCUT2D eigenvalue weighted by Gasteiger charge is 2.22. The standard InChI is InChI=1S/C10H14FN/c1-3-4-9(11)8-5-6-10(12)7(8)2/h3-4,10H,2,5-6,12H2,1H3/b4-3-,9-8+. The summed E-state index contributed by atoms with van der Waals surface area (Å²) in [4.78, 5) is 0. The third-order valence-corrected chi connectivity index (χ3v) is 2.14. The first-order chi connectivity index (χ1) is 5.66. The second-order valence-corrected chi connectivity index (χ2v) is 3.00. The quantitative estimate of drug-likeness (QED) is 0.637. The van der Waals surface area contributed by atoms with Gasteiger partial charge >= 0.3 is 0 Å². The molecule has 1 aliphatic carbocycles. The molecule has 0 aromatic carbocycles. The number of halogens is 1. The molecule has 0 aromatic rings. The maximum absolute atomic E-state index is 13.2. The highest BCUT2D eigenvalue weighted by Crippen LogP contribution is 2.31. The van der Waals surface area contributed by atoms with E-state index in [0.717, 1.165) is 18.4 Å². The second-order valence-electron chi connectivity index (χ2n) is 3.00. The summed E-state index contributed by atoms with van der Waals surface area (Å²) in [6.45, 7) is 5.55. The molecule has 0 bridgehead atoms. The molecule has 1 nitrogen and oxygen atoms in total. The van der Waals surface area contributed by atoms with Gasteiger partial charge in [-0.3, -0.25) is 0 Å². The van der Waals surface area contributed by atoms with Gasteiger partial charge in [-0.05, 0) is 37.0 Å². The summed E-state index contributed by atoms with van der Waals surface area (Å²) in [5.74, 6) is -0.185. The lowest BCUT2D eigenvalue weighted by molar-refractivity contribution is 0.652. The van der Waals surface area contributed by atoms with Gasteiger partial charge in [0.2, 0.25) is 0 Å². The lowest BCUT2D eigenvalue weighted by Crippen LogP contribution is -2.16. The van der Waals surface area contributed by atoms with Crippen LogP contribution in [-0.4, -0.2) is 6.04 Å². The van der Waals surface area contributed by atoms with Gasteiger partial charge in [-0.25, -0.2) is 4.39 Å². The van der Waals surface area contributed by atoms with Gasteiger partial charge in [0.25, 0.3) is 0 Å². The van der Waals surface area contributed by atoms with Crippen molar-refractivity contribution in [3.05, 3.63) is 35.7 Å². The number of hydrogen-bond donors (Lipinski definition) is 1. The van der Waals surface area contributed by atoms with Crippen molar-refractivity contribution < 1.29 is 4.39 Å². The van der Waals surface area contributed by atoms with Crippen LogP contribution >= 0.6 is 0 Å². The Morgan fingerprint density at radius 2 is 2.42 bits per heavy atom. The summed E-state index contributed by atoms with van der Waals surface area (Å²) >= 11 is 0. The fourth-order valence-corrected chi connectivity index (χ4v) is 1.38. The molecule has 1 aliphatic rings. The van der Waals surface area contributed by atoms with Crippen LogP contribution in [0, 0.1) is 0 Å². The van der Waals surface area contributed by atoms with E-state index in [-0.39, 0.29) is 11.9 Å². The van der Waals surface area contributed by atoms with Crippen LogP contribution in [0.4, 0.5) is 4.39 Å². The molecule has 2 heteroatoms. The van der Waals surface area contributed by atoms with Crippen LogP contribution in [0.5, 0.6) is 0 Å². The van der Waals surface area contributed by atoms with Crippen LogP contribution in [0.1, 0.15) is 19.8 Å². The minimum atomic E-state index is -0.185. The summed E-state index contributed by atoms with van der Waals surface area (Å²) < 4.78 is 13.2. The van der Waals surface area contributed by atoms with E-state index in [2.05, 4.69) is 6.58 Å². The fourth-order valence-electron chi connectivity index (χ4n) is 1.38. The molecule has 1 unspecified atom stereocenters. The highest BCUT2D eigenvalue weighted by atomic mass is 19.1. The average Bonchev–Trinajstić information content (AvgIpc) is 2.34. The third-order valence-electron chi connectivity index (χ3n) is 2.14. The lowest BCUT2D eigenvalue weighted by atomic mass is 10.1. The first kappa shape index (κ1) is 9.20. The monoisotopic (exact) mass is 167 g/mol. The smallest absolute Gasteiger partial charge is 0.126 e. The van der Waals surface area contributed by atoms with Gasteiger partial charge < -0.3 is 5.73 Å². The van der Waals surface area contributed by atoms with Crippen molar-refractivity contribution >= 4 is 0 Å². The Balaban J connectivity index is 2.89. The molecule has 1 saturated carbocycles. The maximum atomic E-state index is 13.2. The third kappa shape index (κ3) is 1.64. The summed E-state index contributed by atoms with van der Waals surface area (Å²) in [7, 11) is 0. The molecule has 12 heavy (non-hydrogen) atoms. The van der Waals surface area contributed by atoms with Crippen molar-refractivity contribution in [2.75, 3.05) is 0 Å². The van der Waals surface area contributed by atoms with E-state index >= 15 is 0 Å². The van der Waals surface area contributed by atoms with Crippen LogP contribution in [0.15, 0.2) is 35.7 Å². The van der Waals surface area contributed by atoms with Crippen LogP contribution in [0.2, 0.25) is 0 Å². The fraction of sp³-hybridized carbons (Fsp3) is 0.400. The van der Waals surface area contributed by atoms with Gasteiger partial charge in [-0.15, -0.1) is 0 Å². The van der Waals surface area contributed by atoms with E-state index in [1.807, 2.05) is 0 Å². The van der Waals surface area contributed by atoms with Crippen molar-refractivity contribution in [1.29, 1.82) is 0 Å². The van der Waals surface area contributed by atoms with Gasteiger partial charge in [-0.1, -0.05) is 12.7 Å². The van der Waals surface area contributed by atoms with E-state index in [1.54, 1.807) is 13.0 Å². The minimum absolute atomic E-state index is 0.0454. The van der Waals surface area contributed by atoms with Crippen molar-refractivity contribution in [3.8, 4) is 0 Å². The molecule has 0 radical (unpaired) electrons. The van der Waals surface area contributed by atoms with E-state index in [9.17, 15) is 4.39 Å². The summed E-state index contributed by atoms with van der Waals surface area (Å²) in [5.41, 5.74) is 7.13. The normalized spacial score (nSPS) is 28.6. The predicted molar refractivity (Wildman–Crippen MR) is 49.3 cm³/mol. The Hall–Kier alpha value is -0.890. The van der Waals surface area contributed by atoms with Crippen LogP contribution < -0.4 is 5.73 Å². The van der Waals surface area contributed by atoms with Gasteiger partial charge in [-0.2, -0.15) is 0 Å². The van der Waals surface area contributed by atoms with Crippen LogP contribution in [0.25, 0.3) is 0 Å². The molecule has 0 spiro atoms. The van der Waals surface area contributed by atoms with Gasteiger partial charge in [0.15, 0.2) is 0 Å². The van der Waals surface area contributed by atoms with Crippen molar-refractivity contribution in [3.63, 3.8) is 0 Å². The molecule has 0 saturated heterocycles. The molecule has 0 heterocycles. The number of hydrogen-bond acceptors (Lipinski definition) is 1. The Bertz CT molecular complexity index is 251. The summed E-state index contributed by atoms with van der Waals surface area (Å²) in [6, 6.07) is -0.0454. The zero-order chi connectivity index (χ0) is 9.14. The Labute approximate surface area is 72.5 Å². The van der Waals surface area contributed by atoms with Gasteiger partial charge in [0.05, 0.1) is 0 Å². The summed E-state index contributed by atoms with van der Waals surface area (Å²) in [5, 5.41) is 0. The lowest BCUT2D eigenvalue weighted by Gasteiger charge is -2.02. The topological polar surface area (TPSA) is 26.0 Å². The molecule has 1 fully saturated rings. The molecule has 66 valence electrons. The van der Waals surface area contributed by atoms with Crippen molar-refractivity contribution in [2.24, 2.45) is 5.73 Å². The largest absolute Gasteiger partial charge is 0.324 e. The van der Waals surface area contributed by atoms with E-state index < -0.39 is 0 Å². The zero-order valence-electron chi connectivity index (χ0n) is 7.31. The molecule has 1 rings (SSSR count). The Morgan fingerprint density at radius 1 is 1.75 bits per heavy atom. The zero-order valence-corrected chi connectivity index (χ0v) is 7.31. The highest BCUT2D eigenvalue weighted by molar-refractivity contribution is 5.42. The van der Waals surface area contributed by atoms with Crippen LogP contribution in [-0.2, 0) is 0 Å². The summed E-state index contributed by atoms with van der Waals surface area (Å²) in [6.07, 6.45) is 4.67. The molecule has 0 aliphatic heterocycles. The predicted octanol–water partition coefficient (Wildman–Crippen LogP) is 2.46. The molecule has 0 aromatic heterocycles. The molecule has 0 amide bonds. The molecule has 1 atom stereocenters. The molecular weight excluding hydrogens is 153 g/mol. The number of rotatable bonds is 1. The van der Waals surface area contributed by atoms with Crippen molar-refractivity contribution in [1.82, 2.24) is 0 Å². The minimum Gasteiger partial charge on any atom is -0.324 e. The number of allylic oxidation sites excluding steroid dienone is 3. The Kier molecular flexibility index (Phi) is 2.82. The van der Waals surface area contributed by atoms with Gasteiger partial charge in [0, 0.05) is 6.04 Å². The first-order valence-electron chi connectivity index (χ1n) is 4.13. The molecular formula is C10H14FN. The van der Waals surface area contributed by atoms with E-state index in [1.165, 1.54) is 6.08 Å². The number of nitrogens with two attached hydrogens (primary N) is 1. The van der Waals surface area contributed by atoms with Crippen molar-refractivity contribution in [2.45, 2.75) is 25.8 Å². The van der Waals surface area contributed by atoms with Crippen LogP contribution in [0.3, 0.4) is 0 Å². The average molecular weight is 167 g/mol.